The minimum atomic E-state index is 0.122. The fourth-order valence-corrected chi connectivity index (χ4v) is 3.51. The third-order valence-electron chi connectivity index (χ3n) is 4.60. The first-order chi connectivity index (χ1) is 10.0. The van der Waals surface area contributed by atoms with Gasteiger partial charge in [-0.15, -0.1) is 0 Å². The molecule has 1 heterocycles. The fraction of sp³-hybridized carbons (Fsp3) is 0.526. The number of hydrogen-bond donors (Lipinski definition) is 1. The molecular formula is C19H26N2. The number of fused-ring (bicyclic) bond motifs is 2. The lowest BCUT2D eigenvalue weighted by atomic mass is 9.84. The summed E-state index contributed by atoms with van der Waals surface area (Å²) < 4.78 is 0. The molecule has 3 rings (SSSR count). The van der Waals surface area contributed by atoms with Crippen molar-refractivity contribution in [3.8, 4) is 0 Å². The molecule has 0 spiro atoms. The molecule has 1 aliphatic rings. The molecule has 0 amide bonds. The number of pyridine rings is 1. The molecule has 1 aromatic carbocycles. The highest BCUT2D eigenvalue weighted by Crippen LogP contribution is 2.36. The molecule has 2 aromatic rings. The minimum absolute atomic E-state index is 0.122. The number of aryl methyl sites for hydroxylation is 1. The van der Waals surface area contributed by atoms with Gasteiger partial charge in [0.15, 0.2) is 0 Å². The van der Waals surface area contributed by atoms with Crippen molar-refractivity contribution in [2.24, 2.45) is 0 Å². The SMILES string of the molecule is CNc1c2c(nc3c(C(C)(C)C)cccc13)CCCCC2. The zero-order valence-electron chi connectivity index (χ0n) is 13.7. The molecule has 21 heavy (non-hydrogen) atoms. The van der Waals surface area contributed by atoms with Crippen molar-refractivity contribution in [1.82, 2.24) is 4.98 Å². The van der Waals surface area contributed by atoms with Crippen molar-refractivity contribution in [3.63, 3.8) is 0 Å². The van der Waals surface area contributed by atoms with Gasteiger partial charge in [0.25, 0.3) is 0 Å². The van der Waals surface area contributed by atoms with E-state index in [-0.39, 0.29) is 5.41 Å². The van der Waals surface area contributed by atoms with E-state index in [0.717, 1.165) is 12.8 Å². The van der Waals surface area contributed by atoms with Crippen LogP contribution < -0.4 is 5.32 Å². The molecule has 0 saturated carbocycles. The highest BCUT2D eigenvalue weighted by atomic mass is 14.9. The predicted molar refractivity (Wildman–Crippen MR) is 91.2 cm³/mol. The van der Waals surface area contributed by atoms with E-state index in [1.165, 1.54) is 52.7 Å². The first-order valence-corrected chi connectivity index (χ1v) is 8.15. The molecule has 1 N–H and O–H groups in total. The normalized spacial score (nSPS) is 15.6. The second-order valence-electron chi connectivity index (χ2n) is 7.17. The number of hydrogen-bond acceptors (Lipinski definition) is 2. The maximum atomic E-state index is 5.11. The largest absolute Gasteiger partial charge is 0.387 e. The topological polar surface area (TPSA) is 24.9 Å². The zero-order valence-corrected chi connectivity index (χ0v) is 13.7. The number of para-hydroxylation sites is 1. The summed E-state index contributed by atoms with van der Waals surface area (Å²) >= 11 is 0. The Morgan fingerprint density at radius 2 is 1.81 bits per heavy atom. The molecule has 0 unspecified atom stereocenters. The van der Waals surface area contributed by atoms with Crippen LogP contribution in [0.1, 0.15) is 56.9 Å². The van der Waals surface area contributed by atoms with Crippen LogP contribution in [0.5, 0.6) is 0 Å². The van der Waals surface area contributed by atoms with Gasteiger partial charge in [-0.25, -0.2) is 0 Å². The predicted octanol–water partition coefficient (Wildman–Crippen LogP) is 4.84. The average molecular weight is 282 g/mol. The van der Waals surface area contributed by atoms with Gasteiger partial charge >= 0.3 is 0 Å². The standard InChI is InChI=1S/C19H26N2/c1-19(2,3)15-11-8-10-14-17(20-4)13-9-6-5-7-12-16(13)21-18(14)15/h8,10-11H,5-7,9,12H2,1-4H3,(H,20,21). The van der Waals surface area contributed by atoms with Crippen LogP contribution in [0.4, 0.5) is 5.69 Å². The van der Waals surface area contributed by atoms with Gasteiger partial charge in [-0.3, -0.25) is 4.98 Å². The summed E-state index contributed by atoms with van der Waals surface area (Å²) in [5.41, 5.74) is 6.74. The molecule has 0 bridgehead atoms. The van der Waals surface area contributed by atoms with E-state index in [2.05, 4.69) is 44.3 Å². The second kappa shape index (κ2) is 5.32. The van der Waals surface area contributed by atoms with Crippen LogP contribution in [0, 0.1) is 0 Å². The van der Waals surface area contributed by atoms with Crippen LogP contribution in [0.15, 0.2) is 18.2 Å². The van der Waals surface area contributed by atoms with Crippen LogP contribution in [0.2, 0.25) is 0 Å². The number of benzene rings is 1. The van der Waals surface area contributed by atoms with E-state index in [0.29, 0.717) is 0 Å². The quantitative estimate of drug-likeness (QED) is 0.757. The Balaban J connectivity index is 2.35. The summed E-state index contributed by atoms with van der Waals surface area (Å²) in [6, 6.07) is 6.63. The molecule has 2 heteroatoms. The molecule has 0 atom stereocenters. The minimum Gasteiger partial charge on any atom is -0.387 e. The third kappa shape index (κ3) is 2.52. The van der Waals surface area contributed by atoms with E-state index in [1.54, 1.807) is 0 Å². The van der Waals surface area contributed by atoms with Gasteiger partial charge in [0.05, 0.1) is 5.52 Å². The van der Waals surface area contributed by atoms with E-state index in [9.17, 15) is 0 Å². The number of aromatic nitrogens is 1. The Morgan fingerprint density at radius 1 is 1.05 bits per heavy atom. The van der Waals surface area contributed by atoms with Crippen molar-refractivity contribution in [2.75, 3.05) is 12.4 Å². The van der Waals surface area contributed by atoms with E-state index in [4.69, 9.17) is 4.98 Å². The Hall–Kier alpha value is -1.57. The van der Waals surface area contributed by atoms with Crippen LogP contribution in [-0.4, -0.2) is 12.0 Å². The molecule has 0 aliphatic heterocycles. The molecule has 2 nitrogen and oxygen atoms in total. The summed E-state index contributed by atoms with van der Waals surface area (Å²) in [7, 11) is 2.05. The summed E-state index contributed by atoms with van der Waals surface area (Å²) in [5.74, 6) is 0. The highest BCUT2D eigenvalue weighted by Gasteiger charge is 2.22. The Bertz CT molecular complexity index is 665. The Labute approximate surface area is 128 Å². The number of rotatable bonds is 1. The molecule has 0 fully saturated rings. The number of anilines is 1. The van der Waals surface area contributed by atoms with Crippen LogP contribution >= 0.6 is 0 Å². The van der Waals surface area contributed by atoms with E-state index < -0.39 is 0 Å². The first-order valence-electron chi connectivity index (χ1n) is 8.15. The third-order valence-corrected chi connectivity index (χ3v) is 4.60. The van der Waals surface area contributed by atoms with Gasteiger partial charge < -0.3 is 5.32 Å². The lowest BCUT2D eigenvalue weighted by Gasteiger charge is -2.23. The van der Waals surface area contributed by atoms with Crippen molar-refractivity contribution >= 4 is 16.6 Å². The lowest BCUT2D eigenvalue weighted by Crippen LogP contribution is -2.14. The highest BCUT2D eigenvalue weighted by molar-refractivity contribution is 5.95. The second-order valence-corrected chi connectivity index (χ2v) is 7.17. The van der Waals surface area contributed by atoms with E-state index in [1.807, 2.05) is 7.05 Å². The summed E-state index contributed by atoms with van der Waals surface area (Å²) in [5, 5.41) is 4.75. The van der Waals surface area contributed by atoms with Crippen molar-refractivity contribution < 1.29 is 0 Å². The van der Waals surface area contributed by atoms with Gasteiger partial charge in [-0.05, 0) is 42.2 Å². The first kappa shape index (κ1) is 14.4. The van der Waals surface area contributed by atoms with Crippen molar-refractivity contribution in [3.05, 3.63) is 35.0 Å². The molecule has 0 radical (unpaired) electrons. The Kier molecular flexibility index (Phi) is 3.64. The molecule has 112 valence electrons. The maximum absolute atomic E-state index is 5.11. The van der Waals surface area contributed by atoms with Crippen LogP contribution in [0.3, 0.4) is 0 Å². The fourth-order valence-electron chi connectivity index (χ4n) is 3.51. The van der Waals surface area contributed by atoms with Crippen LogP contribution in [0.25, 0.3) is 10.9 Å². The molecule has 0 saturated heterocycles. The number of nitrogens with zero attached hydrogens (tertiary/aromatic N) is 1. The Morgan fingerprint density at radius 3 is 2.52 bits per heavy atom. The van der Waals surface area contributed by atoms with E-state index >= 15 is 0 Å². The number of nitrogens with one attached hydrogen (secondary N) is 1. The van der Waals surface area contributed by atoms with Gasteiger partial charge in [0.2, 0.25) is 0 Å². The monoisotopic (exact) mass is 282 g/mol. The van der Waals surface area contributed by atoms with Gasteiger partial charge in [-0.1, -0.05) is 45.4 Å². The maximum Gasteiger partial charge on any atom is 0.0763 e. The zero-order chi connectivity index (χ0) is 15.0. The molecule has 1 aromatic heterocycles. The van der Waals surface area contributed by atoms with Crippen molar-refractivity contribution in [2.45, 2.75) is 58.3 Å². The summed E-state index contributed by atoms with van der Waals surface area (Å²) in [4.78, 5) is 5.11. The summed E-state index contributed by atoms with van der Waals surface area (Å²) in [6.07, 6.45) is 6.16. The van der Waals surface area contributed by atoms with Gasteiger partial charge in [0.1, 0.15) is 0 Å². The molecular weight excluding hydrogens is 256 g/mol. The van der Waals surface area contributed by atoms with Crippen molar-refractivity contribution in [1.29, 1.82) is 0 Å². The smallest absolute Gasteiger partial charge is 0.0763 e. The van der Waals surface area contributed by atoms with Gasteiger partial charge in [0, 0.05) is 23.8 Å². The van der Waals surface area contributed by atoms with Crippen LogP contribution in [-0.2, 0) is 18.3 Å². The van der Waals surface area contributed by atoms with Gasteiger partial charge in [-0.2, -0.15) is 0 Å². The molecule has 1 aliphatic carbocycles. The lowest BCUT2D eigenvalue weighted by molar-refractivity contribution is 0.594. The summed E-state index contributed by atoms with van der Waals surface area (Å²) in [6.45, 7) is 6.82. The average Bonchev–Trinajstić information content (AvgIpc) is 2.68.